The number of nitrogens with zero attached hydrogens (tertiary/aromatic N) is 2. The Balaban J connectivity index is 1.44. The number of piperazine rings is 1. The van der Waals surface area contributed by atoms with Gasteiger partial charge in [0.15, 0.2) is 0 Å². The highest BCUT2D eigenvalue weighted by Crippen LogP contribution is 2.28. The lowest BCUT2D eigenvalue weighted by molar-refractivity contribution is 0.0535. The lowest BCUT2D eigenvalue weighted by Crippen LogP contribution is -2.50. The van der Waals surface area contributed by atoms with Crippen molar-refractivity contribution in [1.29, 1.82) is 0 Å². The number of carbonyl (C=O) groups is 2. The van der Waals surface area contributed by atoms with E-state index < -0.39 is 10.0 Å². The van der Waals surface area contributed by atoms with Crippen molar-refractivity contribution in [2.45, 2.75) is 50.0 Å². The van der Waals surface area contributed by atoms with Crippen molar-refractivity contribution in [1.82, 2.24) is 14.5 Å². The largest absolute Gasteiger partial charge is 0.495 e. The van der Waals surface area contributed by atoms with Crippen LogP contribution in [0.4, 0.5) is 0 Å². The van der Waals surface area contributed by atoms with Crippen LogP contribution in [0.15, 0.2) is 47.4 Å². The van der Waals surface area contributed by atoms with E-state index in [1.165, 1.54) is 24.8 Å². The Bertz CT molecular complexity index is 1170. The standard InChI is InChI=1S/C26H33N3O5S/c1-3-19-8-10-20(11-9-19)25(30)28-14-16-29(17-15-28)26(31)21-12-13-23(34-2)24(18-21)35(32,33)27-22-6-4-5-7-22/h8-13,18,22,27H,3-7,14-17H2,1-2H3. The van der Waals surface area contributed by atoms with Crippen molar-refractivity contribution in [2.75, 3.05) is 33.3 Å². The van der Waals surface area contributed by atoms with Gasteiger partial charge >= 0.3 is 0 Å². The fourth-order valence-electron chi connectivity index (χ4n) is 4.71. The van der Waals surface area contributed by atoms with Crippen molar-refractivity contribution in [3.05, 3.63) is 59.2 Å². The summed E-state index contributed by atoms with van der Waals surface area (Å²) in [4.78, 5) is 29.4. The Hall–Kier alpha value is -2.91. The van der Waals surface area contributed by atoms with E-state index >= 15 is 0 Å². The maximum absolute atomic E-state index is 13.2. The quantitative estimate of drug-likeness (QED) is 0.632. The minimum absolute atomic E-state index is 0.0258. The number of hydrogen-bond donors (Lipinski definition) is 1. The summed E-state index contributed by atoms with van der Waals surface area (Å²) in [5.74, 6) is -0.100. The molecule has 2 aromatic carbocycles. The molecule has 1 heterocycles. The molecule has 8 nitrogen and oxygen atoms in total. The van der Waals surface area contributed by atoms with Gasteiger partial charge in [0.25, 0.3) is 11.8 Å². The van der Waals surface area contributed by atoms with Gasteiger partial charge in [-0.25, -0.2) is 13.1 Å². The zero-order valence-electron chi connectivity index (χ0n) is 20.3. The first kappa shape index (κ1) is 25.2. The predicted octanol–water partition coefficient (Wildman–Crippen LogP) is 3.08. The monoisotopic (exact) mass is 499 g/mol. The third-order valence-corrected chi connectivity index (χ3v) is 8.38. The molecular weight excluding hydrogens is 466 g/mol. The molecule has 1 saturated carbocycles. The number of rotatable bonds is 7. The summed E-state index contributed by atoms with van der Waals surface area (Å²) in [5, 5.41) is 0. The molecule has 1 aliphatic heterocycles. The van der Waals surface area contributed by atoms with Crippen molar-refractivity contribution in [2.24, 2.45) is 0 Å². The molecule has 0 atom stereocenters. The van der Waals surface area contributed by atoms with E-state index in [1.807, 2.05) is 24.3 Å². The summed E-state index contributed by atoms with van der Waals surface area (Å²) >= 11 is 0. The third-order valence-electron chi connectivity index (χ3n) is 6.84. The fourth-order valence-corrected chi connectivity index (χ4v) is 6.21. The molecule has 1 saturated heterocycles. The van der Waals surface area contributed by atoms with Crippen LogP contribution in [-0.4, -0.2) is 69.4 Å². The Labute approximate surface area is 207 Å². The van der Waals surface area contributed by atoms with E-state index in [1.54, 1.807) is 15.9 Å². The minimum atomic E-state index is -3.83. The van der Waals surface area contributed by atoms with Crippen LogP contribution in [-0.2, 0) is 16.4 Å². The molecule has 9 heteroatoms. The molecule has 1 N–H and O–H groups in total. The predicted molar refractivity (Wildman–Crippen MR) is 133 cm³/mol. The van der Waals surface area contributed by atoms with Gasteiger partial charge in [-0.1, -0.05) is 31.9 Å². The van der Waals surface area contributed by atoms with Gasteiger partial charge in [-0.15, -0.1) is 0 Å². The number of amides is 2. The molecule has 0 radical (unpaired) electrons. The molecule has 188 valence electrons. The fraction of sp³-hybridized carbons (Fsp3) is 0.462. The first-order valence-corrected chi connectivity index (χ1v) is 13.7. The van der Waals surface area contributed by atoms with Crippen LogP contribution in [0.1, 0.15) is 58.9 Å². The first-order chi connectivity index (χ1) is 16.8. The van der Waals surface area contributed by atoms with Crippen molar-refractivity contribution in [3.63, 3.8) is 0 Å². The Morgan fingerprint density at radius 1 is 0.914 bits per heavy atom. The van der Waals surface area contributed by atoms with Crippen LogP contribution in [0.2, 0.25) is 0 Å². The molecule has 2 aromatic rings. The van der Waals surface area contributed by atoms with E-state index in [9.17, 15) is 18.0 Å². The zero-order chi connectivity index (χ0) is 25.0. The minimum Gasteiger partial charge on any atom is -0.495 e. The van der Waals surface area contributed by atoms with Crippen LogP contribution in [0.5, 0.6) is 5.75 Å². The molecule has 35 heavy (non-hydrogen) atoms. The van der Waals surface area contributed by atoms with E-state index in [0.717, 1.165) is 32.1 Å². The molecule has 2 aliphatic rings. The summed E-state index contributed by atoms with van der Waals surface area (Å²) in [7, 11) is -2.41. The van der Waals surface area contributed by atoms with Gasteiger partial charge in [0, 0.05) is 43.3 Å². The summed E-state index contributed by atoms with van der Waals surface area (Å²) < 4.78 is 34.1. The van der Waals surface area contributed by atoms with E-state index in [4.69, 9.17) is 4.74 Å². The lowest BCUT2D eigenvalue weighted by atomic mass is 10.1. The van der Waals surface area contributed by atoms with Gasteiger partial charge in [-0.05, 0) is 55.2 Å². The van der Waals surface area contributed by atoms with Crippen molar-refractivity contribution in [3.8, 4) is 5.75 Å². The Morgan fingerprint density at radius 3 is 2.00 bits per heavy atom. The molecule has 0 bridgehead atoms. The van der Waals surface area contributed by atoms with Crippen molar-refractivity contribution < 1.29 is 22.7 Å². The zero-order valence-corrected chi connectivity index (χ0v) is 21.1. The van der Waals surface area contributed by atoms with Gasteiger partial charge in [0.05, 0.1) is 7.11 Å². The average Bonchev–Trinajstić information content (AvgIpc) is 3.40. The molecule has 0 unspecified atom stereocenters. The van der Waals surface area contributed by atoms with Crippen LogP contribution in [0.25, 0.3) is 0 Å². The number of methoxy groups -OCH3 is 1. The Morgan fingerprint density at radius 2 is 1.46 bits per heavy atom. The molecule has 4 rings (SSSR count). The van der Waals surface area contributed by atoms with Gasteiger partial charge in [0.2, 0.25) is 10.0 Å². The topological polar surface area (TPSA) is 96.0 Å². The number of benzene rings is 2. The maximum atomic E-state index is 13.2. The van der Waals surface area contributed by atoms with Crippen LogP contribution < -0.4 is 9.46 Å². The number of aryl methyl sites for hydroxylation is 1. The number of nitrogens with one attached hydrogen (secondary N) is 1. The molecule has 2 amide bonds. The Kier molecular flexibility index (Phi) is 7.76. The first-order valence-electron chi connectivity index (χ1n) is 12.2. The van der Waals surface area contributed by atoms with E-state index in [-0.39, 0.29) is 34.1 Å². The van der Waals surface area contributed by atoms with Gasteiger partial charge in [-0.3, -0.25) is 9.59 Å². The van der Waals surface area contributed by atoms with Crippen LogP contribution >= 0.6 is 0 Å². The van der Waals surface area contributed by atoms with Gasteiger partial charge in [-0.2, -0.15) is 0 Å². The summed E-state index contributed by atoms with van der Waals surface area (Å²) in [6.45, 7) is 3.67. The van der Waals surface area contributed by atoms with Gasteiger partial charge < -0.3 is 14.5 Å². The summed E-state index contributed by atoms with van der Waals surface area (Å²) in [6.07, 6.45) is 4.54. The molecule has 2 fully saturated rings. The molecule has 1 aliphatic carbocycles. The molecular formula is C26H33N3O5S. The smallest absolute Gasteiger partial charge is 0.254 e. The highest BCUT2D eigenvalue weighted by Gasteiger charge is 2.29. The number of hydrogen-bond acceptors (Lipinski definition) is 5. The van der Waals surface area contributed by atoms with E-state index in [2.05, 4.69) is 11.6 Å². The SMILES string of the molecule is CCc1ccc(C(=O)N2CCN(C(=O)c3ccc(OC)c(S(=O)(=O)NC4CCCC4)c3)CC2)cc1. The van der Waals surface area contributed by atoms with Crippen LogP contribution in [0, 0.1) is 0 Å². The second-order valence-corrected chi connectivity index (χ2v) is 10.8. The number of carbonyl (C=O) groups excluding carboxylic acids is 2. The summed E-state index contributed by atoms with van der Waals surface area (Å²) in [5.41, 5.74) is 2.10. The molecule has 0 spiro atoms. The van der Waals surface area contributed by atoms with Crippen molar-refractivity contribution >= 4 is 21.8 Å². The second kappa shape index (κ2) is 10.8. The second-order valence-electron chi connectivity index (χ2n) is 9.10. The van der Waals surface area contributed by atoms with Crippen LogP contribution in [0.3, 0.4) is 0 Å². The number of ether oxygens (including phenoxy) is 1. The number of sulfonamides is 1. The normalized spacial score (nSPS) is 17.0. The highest BCUT2D eigenvalue weighted by molar-refractivity contribution is 7.89. The average molecular weight is 500 g/mol. The van der Waals surface area contributed by atoms with Gasteiger partial charge in [0.1, 0.15) is 10.6 Å². The lowest BCUT2D eigenvalue weighted by Gasteiger charge is -2.35. The maximum Gasteiger partial charge on any atom is 0.254 e. The third kappa shape index (κ3) is 5.67. The van der Waals surface area contributed by atoms with E-state index in [0.29, 0.717) is 31.7 Å². The summed E-state index contributed by atoms with van der Waals surface area (Å²) in [6, 6.07) is 12.0. The molecule has 0 aromatic heterocycles. The highest BCUT2D eigenvalue weighted by atomic mass is 32.2.